The van der Waals surface area contributed by atoms with E-state index in [1.165, 1.54) is 0 Å². The van der Waals surface area contributed by atoms with Gasteiger partial charge in [0.1, 0.15) is 0 Å². The number of carbonyl (C=O) groups is 1. The van der Waals surface area contributed by atoms with Gasteiger partial charge in [0, 0.05) is 22.5 Å². The molecule has 170 valence electrons. The van der Waals surface area contributed by atoms with Crippen LogP contribution in [0.1, 0.15) is 15.9 Å². The molecule has 5 rings (SSSR count). The van der Waals surface area contributed by atoms with Crippen LogP contribution in [0.5, 0.6) is 0 Å². The van der Waals surface area contributed by atoms with Crippen LogP contribution in [0.2, 0.25) is 5.02 Å². The number of aliphatic imine (C=N–C) groups is 1. The second kappa shape index (κ2) is 9.84. The Balaban J connectivity index is 1.72. The molecule has 0 aliphatic carbocycles. The molecule has 0 fully saturated rings. The summed E-state index contributed by atoms with van der Waals surface area (Å²) in [6, 6.07) is 36.8. The number of aromatic nitrogens is 1. The highest BCUT2D eigenvalue weighted by atomic mass is 35.5. The van der Waals surface area contributed by atoms with Crippen molar-refractivity contribution in [3.63, 3.8) is 0 Å². The molecule has 0 saturated carbocycles. The van der Waals surface area contributed by atoms with Crippen LogP contribution < -0.4 is 0 Å². The van der Waals surface area contributed by atoms with Gasteiger partial charge in [-0.3, -0.25) is 4.99 Å². The zero-order chi connectivity index (χ0) is 24.2. The average molecular weight is 477 g/mol. The smallest absolute Gasteiger partial charge is 0.335 e. The minimum Gasteiger partial charge on any atom is -0.478 e. The Hall–Kier alpha value is -4.41. The molecule has 0 aliphatic rings. The third-order valence-electron chi connectivity index (χ3n) is 5.70. The first-order chi connectivity index (χ1) is 17.1. The van der Waals surface area contributed by atoms with Gasteiger partial charge in [-0.25, -0.2) is 4.79 Å². The maximum absolute atomic E-state index is 11.2. The topological polar surface area (TPSA) is 54.6 Å². The Kier molecular flexibility index (Phi) is 6.29. The molecule has 0 bridgehead atoms. The molecule has 0 spiro atoms. The summed E-state index contributed by atoms with van der Waals surface area (Å²) in [6.45, 7) is 0. The van der Waals surface area contributed by atoms with E-state index >= 15 is 0 Å². The van der Waals surface area contributed by atoms with Crippen molar-refractivity contribution in [2.75, 3.05) is 0 Å². The normalized spacial score (nSPS) is 11.1. The number of carboxylic acid groups (broad SMARTS) is 1. The first kappa shape index (κ1) is 22.4. The molecule has 1 heterocycles. The van der Waals surface area contributed by atoms with Crippen molar-refractivity contribution in [2.24, 2.45) is 4.99 Å². The van der Waals surface area contributed by atoms with Gasteiger partial charge in [-0.15, -0.1) is 0 Å². The first-order valence-corrected chi connectivity index (χ1v) is 11.5. The van der Waals surface area contributed by atoms with Crippen molar-refractivity contribution < 1.29 is 9.90 Å². The fraction of sp³-hybridized carbons (Fsp3) is 0. The van der Waals surface area contributed by atoms with E-state index in [9.17, 15) is 4.79 Å². The Morgan fingerprint density at radius 2 is 1.37 bits per heavy atom. The van der Waals surface area contributed by atoms with E-state index in [0.29, 0.717) is 10.7 Å². The van der Waals surface area contributed by atoms with E-state index in [1.54, 1.807) is 24.3 Å². The van der Waals surface area contributed by atoms with Gasteiger partial charge in [0.2, 0.25) is 0 Å². The highest BCUT2D eigenvalue weighted by molar-refractivity contribution is 6.30. The summed E-state index contributed by atoms with van der Waals surface area (Å²) in [5.74, 6) is -0.959. The number of halogens is 1. The zero-order valence-corrected chi connectivity index (χ0v) is 19.4. The predicted octanol–water partition coefficient (Wildman–Crippen LogP) is 7.91. The SMILES string of the molecule is O=C(O)c1ccc(N=Cc2cc(-c3ccccc3)n(-c3ccc(Cl)cc3)c2-c2ccccc2)cc1. The number of nitrogens with zero attached hydrogens (tertiary/aromatic N) is 2. The summed E-state index contributed by atoms with van der Waals surface area (Å²) in [7, 11) is 0. The molecular formula is C30H21ClN2O2. The zero-order valence-electron chi connectivity index (χ0n) is 18.7. The highest BCUT2D eigenvalue weighted by Crippen LogP contribution is 2.36. The molecule has 5 aromatic rings. The second-order valence-electron chi connectivity index (χ2n) is 7.99. The summed E-state index contributed by atoms with van der Waals surface area (Å²) in [5, 5.41) is 9.84. The highest BCUT2D eigenvalue weighted by Gasteiger charge is 2.18. The van der Waals surface area contributed by atoms with E-state index in [0.717, 1.165) is 33.8 Å². The van der Waals surface area contributed by atoms with E-state index in [-0.39, 0.29) is 5.56 Å². The lowest BCUT2D eigenvalue weighted by molar-refractivity contribution is 0.0697. The lowest BCUT2D eigenvalue weighted by Gasteiger charge is -2.15. The van der Waals surface area contributed by atoms with Crippen LogP contribution in [0.3, 0.4) is 0 Å². The van der Waals surface area contributed by atoms with Gasteiger partial charge in [-0.1, -0.05) is 72.3 Å². The molecular weight excluding hydrogens is 456 g/mol. The van der Waals surface area contributed by atoms with E-state index in [1.807, 2.05) is 66.9 Å². The lowest BCUT2D eigenvalue weighted by Crippen LogP contribution is -2.00. The first-order valence-electron chi connectivity index (χ1n) is 11.1. The summed E-state index contributed by atoms with van der Waals surface area (Å²) < 4.78 is 2.22. The minimum atomic E-state index is -0.959. The number of carboxylic acids is 1. The molecule has 0 unspecified atom stereocenters. The molecule has 0 amide bonds. The fourth-order valence-electron chi connectivity index (χ4n) is 4.03. The summed E-state index contributed by atoms with van der Waals surface area (Å²) in [5.41, 5.74) is 6.97. The van der Waals surface area contributed by atoms with Crippen LogP contribution in [0.15, 0.2) is 120 Å². The number of benzene rings is 4. The Labute approximate surface area is 208 Å². The third kappa shape index (κ3) is 4.79. The maximum Gasteiger partial charge on any atom is 0.335 e. The van der Waals surface area contributed by atoms with Crippen molar-refractivity contribution in [3.05, 3.63) is 131 Å². The van der Waals surface area contributed by atoms with Crippen LogP contribution in [0.4, 0.5) is 5.69 Å². The van der Waals surface area contributed by atoms with Gasteiger partial charge in [0.05, 0.1) is 22.6 Å². The van der Waals surface area contributed by atoms with Crippen molar-refractivity contribution in [2.45, 2.75) is 0 Å². The van der Waals surface area contributed by atoms with E-state index < -0.39 is 5.97 Å². The van der Waals surface area contributed by atoms with Crippen LogP contribution in [0, 0.1) is 0 Å². The summed E-state index contributed by atoms with van der Waals surface area (Å²) in [4.78, 5) is 15.8. The van der Waals surface area contributed by atoms with Crippen LogP contribution >= 0.6 is 11.6 Å². The second-order valence-corrected chi connectivity index (χ2v) is 8.42. The average Bonchev–Trinajstić information content (AvgIpc) is 3.28. The van der Waals surface area contributed by atoms with Crippen LogP contribution in [0.25, 0.3) is 28.2 Å². The molecule has 5 heteroatoms. The Morgan fingerprint density at radius 3 is 1.97 bits per heavy atom. The molecule has 0 saturated heterocycles. The minimum absolute atomic E-state index is 0.231. The van der Waals surface area contributed by atoms with Crippen LogP contribution in [-0.2, 0) is 0 Å². The predicted molar refractivity (Wildman–Crippen MR) is 142 cm³/mol. The fourth-order valence-corrected chi connectivity index (χ4v) is 4.16. The van der Waals surface area contributed by atoms with Crippen molar-refractivity contribution in [1.82, 2.24) is 4.57 Å². The Morgan fingerprint density at radius 1 is 0.771 bits per heavy atom. The van der Waals surface area contributed by atoms with Gasteiger partial charge in [0.15, 0.2) is 0 Å². The molecule has 4 nitrogen and oxygen atoms in total. The molecule has 0 radical (unpaired) electrons. The maximum atomic E-state index is 11.2. The molecule has 0 aliphatic heterocycles. The van der Waals surface area contributed by atoms with E-state index in [2.05, 4.69) is 39.9 Å². The van der Waals surface area contributed by atoms with Gasteiger partial charge in [-0.05, 0) is 65.7 Å². The van der Waals surface area contributed by atoms with Gasteiger partial charge >= 0.3 is 5.97 Å². The third-order valence-corrected chi connectivity index (χ3v) is 5.95. The van der Waals surface area contributed by atoms with Crippen molar-refractivity contribution >= 4 is 29.5 Å². The number of hydrogen-bond acceptors (Lipinski definition) is 2. The largest absolute Gasteiger partial charge is 0.478 e. The molecule has 35 heavy (non-hydrogen) atoms. The van der Waals surface area contributed by atoms with Gasteiger partial charge in [0.25, 0.3) is 0 Å². The van der Waals surface area contributed by atoms with Crippen molar-refractivity contribution in [3.8, 4) is 28.2 Å². The van der Waals surface area contributed by atoms with Crippen LogP contribution in [-0.4, -0.2) is 21.9 Å². The van der Waals surface area contributed by atoms with Crippen molar-refractivity contribution in [1.29, 1.82) is 0 Å². The van der Waals surface area contributed by atoms with Gasteiger partial charge < -0.3 is 9.67 Å². The molecule has 0 atom stereocenters. The standard InChI is InChI=1S/C30H21ClN2O2/c31-25-13-17-27(18-14-25)33-28(21-7-3-1-4-8-21)19-24(29(33)22-9-5-2-6-10-22)20-32-26-15-11-23(12-16-26)30(34)35/h1-20H,(H,34,35). The molecule has 1 aromatic heterocycles. The monoisotopic (exact) mass is 476 g/mol. The molecule has 4 aromatic carbocycles. The Bertz CT molecular complexity index is 1490. The summed E-state index contributed by atoms with van der Waals surface area (Å²) in [6.07, 6.45) is 1.83. The molecule has 1 N–H and O–H groups in total. The van der Waals surface area contributed by atoms with Gasteiger partial charge in [-0.2, -0.15) is 0 Å². The number of aromatic carboxylic acids is 1. The quantitative estimate of drug-likeness (QED) is 0.253. The van der Waals surface area contributed by atoms with E-state index in [4.69, 9.17) is 16.7 Å². The lowest BCUT2D eigenvalue weighted by atomic mass is 10.1. The number of rotatable bonds is 6. The number of hydrogen-bond donors (Lipinski definition) is 1. The summed E-state index contributed by atoms with van der Waals surface area (Å²) >= 11 is 6.20.